The Morgan fingerprint density at radius 1 is 1.08 bits per heavy atom. The fourth-order valence-corrected chi connectivity index (χ4v) is 3.25. The van der Waals surface area contributed by atoms with E-state index in [1.807, 2.05) is 18.2 Å². The number of rotatable bonds is 7. The summed E-state index contributed by atoms with van der Waals surface area (Å²) in [5.41, 5.74) is 0.729. The van der Waals surface area contributed by atoms with Gasteiger partial charge in [0.1, 0.15) is 17.3 Å². The minimum absolute atomic E-state index is 0.0597. The first kappa shape index (κ1) is 17.9. The van der Waals surface area contributed by atoms with Crippen molar-refractivity contribution in [1.82, 2.24) is 4.72 Å². The van der Waals surface area contributed by atoms with Gasteiger partial charge < -0.3 is 9.15 Å². The summed E-state index contributed by atoms with van der Waals surface area (Å²) in [6.45, 7) is 0.0597. The van der Waals surface area contributed by atoms with E-state index < -0.39 is 10.0 Å². The largest absolute Gasteiger partial charge is 0.497 e. The minimum atomic E-state index is -3.57. The number of methoxy groups -OCH3 is 1. The highest BCUT2D eigenvalue weighted by molar-refractivity contribution is 7.89. The van der Waals surface area contributed by atoms with E-state index in [4.69, 9.17) is 9.15 Å². The van der Waals surface area contributed by atoms with Gasteiger partial charge in [-0.1, -0.05) is 24.3 Å². The van der Waals surface area contributed by atoms with E-state index in [1.165, 1.54) is 12.1 Å². The molecular formula is C19H18N2O4S. The maximum absolute atomic E-state index is 12.2. The summed E-state index contributed by atoms with van der Waals surface area (Å²) in [6, 6.07) is 19.0. The third kappa shape index (κ3) is 4.59. The van der Waals surface area contributed by atoms with E-state index in [-0.39, 0.29) is 11.4 Å². The van der Waals surface area contributed by atoms with Gasteiger partial charge in [-0.3, -0.25) is 4.99 Å². The van der Waals surface area contributed by atoms with Gasteiger partial charge in [-0.2, -0.15) is 0 Å². The molecule has 2 aromatic carbocycles. The van der Waals surface area contributed by atoms with E-state index in [2.05, 4.69) is 9.71 Å². The Balaban J connectivity index is 1.64. The van der Waals surface area contributed by atoms with Crippen LogP contribution in [-0.4, -0.2) is 21.7 Å². The van der Waals surface area contributed by atoms with Crippen LogP contribution in [0.4, 0.5) is 5.69 Å². The van der Waals surface area contributed by atoms with Crippen molar-refractivity contribution in [3.8, 4) is 5.75 Å². The molecule has 0 fully saturated rings. The Morgan fingerprint density at radius 3 is 2.65 bits per heavy atom. The van der Waals surface area contributed by atoms with Crippen molar-refractivity contribution in [1.29, 1.82) is 0 Å². The molecule has 0 spiro atoms. The maximum atomic E-state index is 12.2. The molecule has 0 aliphatic carbocycles. The second-order valence-electron chi connectivity index (χ2n) is 5.40. The van der Waals surface area contributed by atoms with Crippen LogP contribution in [0.5, 0.6) is 5.75 Å². The molecule has 134 valence electrons. The van der Waals surface area contributed by atoms with Gasteiger partial charge in [-0.15, -0.1) is 0 Å². The van der Waals surface area contributed by atoms with Crippen molar-refractivity contribution in [3.63, 3.8) is 0 Å². The van der Waals surface area contributed by atoms with Crippen molar-refractivity contribution >= 4 is 21.9 Å². The van der Waals surface area contributed by atoms with Crippen molar-refractivity contribution in [3.05, 3.63) is 78.3 Å². The molecule has 6 nitrogen and oxygen atoms in total. The van der Waals surface area contributed by atoms with E-state index in [0.29, 0.717) is 11.5 Å². The molecule has 3 rings (SSSR count). The van der Waals surface area contributed by atoms with Gasteiger partial charge >= 0.3 is 0 Å². The van der Waals surface area contributed by atoms with Crippen LogP contribution < -0.4 is 9.46 Å². The number of hydrogen-bond acceptors (Lipinski definition) is 5. The SMILES string of the molecule is COc1cccc(N=Cc2ccc(CNS(=O)(=O)c3ccccc3)o2)c1. The molecular weight excluding hydrogens is 352 g/mol. The molecule has 0 saturated carbocycles. The zero-order valence-corrected chi connectivity index (χ0v) is 14.9. The molecule has 0 radical (unpaired) electrons. The number of aliphatic imine (C=N–C) groups is 1. The lowest BCUT2D eigenvalue weighted by molar-refractivity contribution is 0.415. The average Bonchev–Trinajstić information content (AvgIpc) is 3.14. The molecule has 1 heterocycles. The highest BCUT2D eigenvalue weighted by atomic mass is 32.2. The predicted molar refractivity (Wildman–Crippen MR) is 99.4 cm³/mol. The number of hydrogen-bond donors (Lipinski definition) is 1. The summed E-state index contributed by atoms with van der Waals surface area (Å²) in [7, 11) is -1.97. The normalized spacial score (nSPS) is 11.7. The molecule has 1 aromatic heterocycles. The van der Waals surface area contributed by atoms with Crippen molar-refractivity contribution < 1.29 is 17.6 Å². The smallest absolute Gasteiger partial charge is 0.240 e. The maximum Gasteiger partial charge on any atom is 0.240 e. The lowest BCUT2D eigenvalue weighted by atomic mass is 10.3. The average molecular weight is 370 g/mol. The van der Waals surface area contributed by atoms with Crippen LogP contribution in [0.15, 0.2) is 81.0 Å². The molecule has 3 aromatic rings. The molecule has 0 aliphatic heterocycles. The first-order valence-electron chi connectivity index (χ1n) is 7.88. The highest BCUT2D eigenvalue weighted by Crippen LogP contribution is 2.19. The van der Waals surface area contributed by atoms with Gasteiger partial charge in [0.15, 0.2) is 0 Å². The first-order valence-corrected chi connectivity index (χ1v) is 9.37. The summed E-state index contributed by atoms with van der Waals surface area (Å²) in [5.74, 6) is 1.74. The zero-order chi connectivity index (χ0) is 18.4. The molecule has 7 heteroatoms. The Bertz CT molecular complexity index is 995. The molecule has 26 heavy (non-hydrogen) atoms. The third-order valence-corrected chi connectivity index (χ3v) is 4.98. The third-order valence-electron chi connectivity index (χ3n) is 3.57. The molecule has 0 atom stereocenters. The quantitative estimate of drug-likeness (QED) is 0.645. The van der Waals surface area contributed by atoms with Crippen LogP contribution in [0.25, 0.3) is 0 Å². The Labute approximate surface area is 152 Å². The standard InChI is InChI=1S/C19H18N2O4S/c1-24-16-7-5-6-15(12-16)20-13-17-10-11-18(25-17)14-21-26(22,23)19-8-3-2-4-9-19/h2-13,21H,14H2,1H3. The summed E-state index contributed by atoms with van der Waals surface area (Å²) < 4.78 is 37.6. The Kier molecular flexibility index (Phi) is 5.50. The van der Waals surface area contributed by atoms with Gasteiger partial charge in [-0.05, 0) is 36.4 Å². The second-order valence-corrected chi connectivity index (χ2v) is 7.17. The molecule has 0 unspecified atom stereocenters. The first-order chi connectivity index (χ1) is 12.6. The van der Waals surface area contributed by atoms with Crippen LogP contribution in [0.3, 0.4) is 0 Å². The Morgan fingerprint density at radius 2 is 1.88 bits per heavy atom. The van der Waals surface area contributed by atoms with Crippen molar-refractivity contribution in [2.75, 3.05) is 7.11 Å². The van der Waals surface area contributed by atoms with Crippen molar-refractivity contribution in [2.45, 2.75) is 11.4 Å². The van der Waals surface area contributed by atoms with Crippen LogP contribution in [-0.2, 0) is 16.6 Å². The van der Waals surface area contributed by atoms with E-state index >= 15 is 0 Å². The lowest BCUT2D eigenvalue weighted by Gasteiger charge is -2.04. The van der Waals surface area contributed by atoms with E-state index in [9.17, 15) is 8.42 Å². The van der Waals surface area contributed by atoms with E-state index in [1.54, 1.807) is 49.7 Å². The number of sulfonamides is 1. The number of nitrogens with one attached hydrogen (secondary N) is 1. The molecule has 0 saturated heterocycles. The van der Waals surface area contributed by atoms with Gasteiger partial charge in [0.2, 0.25) is 10.0 Å². The second kappa shape index (κ2) is 7.99. The number of furan rings is 1. The van der Waals surface area contributed by atoms with Gasteiger partial charge in [0.05, 0.1) is 30.5 Å². The summed E-state index contributed by atoms with van der Waals surface area (Å²) in [4.78, 5) is 4.53. The summed E-state index contributed by atoms with van der Waals surface area (Å²) in [6.07, 6.45) is 1.57. The van der Waals surface area contributed by atoms with Crippen LogP contribution in [0.1, 0.15) is 11.5 Å². The summed E-state index contributed by atoms with van der Waals surface area (Å²) >= 11 is 0. The number of ether oxygens (including phenoxy) is 1. The topological polar surface area (TPSA) is 80.9 Å². The molecule has 0 aliphatic rings. The van der Waals surface area contributed by atoms with Gasteiger partial charge in [-0.25, -0.2) is 13.1 Å². The monoisotopic (exact) mass is 370 g/mol. The number of benzene rings is 2. The minimum Gasteiger partial charge on any atom is -0.497 e. The molecule has 1 N–H and O–H groups in total. The van der Waals surface area contributed by atoms with Gasteiger partial charge in [0, 0.05) is 6.07 Å². The van der Waals surface area contributed by atoms with Crippen LogP contribution in [0, 0.1) is 0 Å². The van der Waals surface area contributed by atoms with Crippen LogP contribution >= 0.6 is 0 Å². The predicted octanol–water partition coefficient (Wildman–Crippen LogP) is 3.52. The lowest BCUT2D eigenvalue weighted by Crippen LogP contribution is -2.22. The fourth-order valence-electron chi connectivity index (χ4n) is 2.24. The van der Waals surface area contributed by atoms with E-state index in [0.717, 1.165) is 11.4 Å². The Hall–Kier alpha value is -2.90. The molecule has 0 amide bonds. The van der Waals surface area contributed by atoms with Gasteiger partial charge in [0.25, 0.3) is 0 Å². The highest BCUT2D eigenvalue weighted by Gasteiger charge is 2.13. The summed E-state index contributed by atoms with van der Waals surface area (Å²) in [5, 5.41) is 0. The fraction of sp³-hybridized carbons (Fsp3) is 0.105. The zero-order valence-electron chi connectivity index (χ0n) is 14.1. The number of nitrogens with zero attached hydrogens (tertiary/aromatic N) is 1. The van der Waals surface area contributed by atoms with Crippen molar-refractivity contribution in [2.24, 2.45) is 4.99 Å². The molecule has 0 bridgehead atoms. The van der Waals surface area contributed by atoms with Crippen LogP contribution in [0.2, 0.25) is 0 Å².